The lowest BCUT2D eigenvalue weighted by atomic mass is 9.57. The van der Waals surface area contributed by atoms with Crippen LogP contribution in [0, 0.1) is 27.2 Å². The molecule has 45 heavy (non-hydrogen) atoms. The van der Waals surface area contributed by atoms with Gasteiger partial charge in [0.25, 0.3) is 0 Å². The fraction of sp³-hybridized carbons (Fsp3) is 0.500. The summed E-state index contributed by atoms with van der Waals surface area (Å²) in [7, 11) is 0.555. The van der Waals surface area contributed by atoms with E-state index >= 15 is 0 Å². The zero-order valence-electron chi connectivity index (χ0n) is 26.4. The molecule has 4 atom stereocenters. The highest BCUT2D eigenvalue weighted by Gasteiger charge is 2.58. The third kappa shape index (κ3) is 6.37. The average molecular weight is 723 g/mol. The van der Waals surface area contributed by atoms with Gasteiger partial charge in [0.2, 0.25) is 11.8 Å². The number of ether oxygens (including phenoxy) is 1. The van der Waals surface area contributed by atoms with Crippen molar-refractivity contribution in [1.29, 1.82) is 0 Å². The lowest BCUT2D eigenvalue weighted by Crippen LogP contribution is -2.47. The van der Waals surface area contributed by atoms with Crippen molar-refractivity contribution in [2.75, 3.05) is 7.11 Å². The first-order valence-electron chi connectivity index (χ1n) is 16.4. The van der Waals surface area contributed by atoms with Crippen LogP contribution >= 0.6 is 22.6 Å². The number of benzene rings is 2. The summed E-state index contributed by atoms with van der Waals surface area (Å²) in [6, 6.07) is 14.0. The van der Waals surface area contributed by atoms with Crippen molar-refractivity contribution < 1.29 is 29.1 Å². The predicted octanol–water partition coefficient (Wildman–Crippen LogP) is 7.11. The molecular formula is C36H43BINO6. The first kappa shape index (κ1) is 32.3. The standard InChI is InChI=1S/C36H43BINO6/c1-21(2)26-19-27-33(36(42)39(35(27)41)25-12-8-5-9-13-25)28-20-37(43)45-30(32(26)28)15-14-24(23-10-6-4-7-11-23)16-22-17-29(38)34(40)31(18-22)44-3/h4,6-7,10-11,16-18,21,25,27-28,30,33,40,43H,5,8-9,12-15,19-20H2,1-3H3/b24-16-/t27-,28+,30-,33-/m1/s1. The smallest absolute Gasteiger partial charge is 0.455 e. The Morgan fingerprint density at radius 1 is 1.11 bits per heavy atom. The van der Waals surface area contributed by atoms with Crippen LogP contribution in [0.15, 0.2) is 53.6 Å². The minimum absolute atomic E-state index is 0.000105. The number of aromatic hydroxyl groups is 1. The number of hydrogen-bond donors (Lipinski definition) is 2. The van der Waals surface area contributed by atoms with E-state index in [1.807, 2.05) is 30.3 Å². The van der Waals surface area contributed by atoms with Gasteiger partial charge in [-0.05, 0) is 107 Å². The number of allylic oxidation sites excluding steroid dienone is 2. The van der Waals surface area contributed by atoms with Crippen LogP contribution in [-0.2, 0) is 14.2 Å². The number of fused-ring (bicyclic) bond motifs is 3. The monoisotopic (exact) mass is 723 g/mol. The number of amides is 2. The van der Waals surface area contributed by atoms with Crippen molar-refractivity contribution in [3.8, 4) is 11.5 Å². The molecule has 0 aromatic heterocycles. The van der Waals surface area contributed by atoms with E-state index in [0.717, 1.165) is 54.4 Å². The molecule has 6 rings (SSSR count). The molecule has 2 saturated heterocycles. The Hall–Kier alpha value is -2.63. The summed E-state index contributed by atoms with van der Waals surface area (Å²) >= 11 is 2.11. The molecule has 2 aliphatic heterocycles. The molecule has 2 aromatic rings. The lowest BCUT2D eigenvalue weighted by molar-refractivity contribution is -0.143. The van der Waals surface area contributed by atoms with E-state index in [0.29, 0.717) is 34.9 Å². The van der Waals surface area contributed by atoms with E-state index in [1.165, 1.54) is 5.57 Å². The Bertz CT molecular complexity index is 1500. The van der Waals surface area contributed by atoms with Crippen LogP contribution in [0.2, 0.25) is 6.32 Å². The highest BCUT2D eigenvalue weighted by molar-refractivity contribution is 14.1. The van der Waals surface area contributed by atoms with Crippen LogP contribution in [0.1, 0.15) is 76.3 Å². The second kappa shape index (κ2) is 13.6. The molecular weight excluding hydrogens is 680 g/mol. The van der Waals surface area contributed by atoms with Crippen LogP contribution in [-0.4, -0.2) is 53.2 Å². The molecule has 0 bridgehead atoms. The molecule has 4 aliphatic rings. The third-order valence-electron chi connectivity index (χ3n) is 10.3. The van der Waals surface area contributed by atoms with Crippen LogP contribution in [0.5, 0.6) is 11.5 Å². The molecule has 7 nitrogen and oxygen atoms in total. The number of methoxy groups -OCH3 is 1. The highest BCUT2D eigenvalue weighted by Crippen LogP contribution is 2.53. The summed E-state index contributed by atoms with van der Waals surface area (Å²) in [5, 5.41) is 21.4. The first-order chi connectivity index (χ1) is 21.7. The Balaban J connectivity index is 1.33. The summed E-state index contributed by atoms with van der Waals surface area (Å²) in [4.78, 5) is 29.6. The maximum atomic E-state index is 14.1. The maximum absolute atomic E-state index is 14.1. The maximum Gasteiger partial charge on any atom is 0.455 e. The van der Waals surface area contributed by atoms with Gasteiger partial charge in [0.05, 0.1) is 28.6 Å². The number of hydrogen-bond acceptors (Lipinski definition) is 6. The molecule has 2 heterocycles. The number of phenolic OH excluding ortho intramolecular Hbond substituents is 1. The van der Waals surface area contributed by atoms with Gasteiger partial charge in [-0.3, -0.25) is 14.5 Å². The van der Waals surface area contributed by atoms with Gasteiger partial charge in [-0.2, -0.15) is 0 Å². The van der Waals surface area contributed by atoms with Crippen LogP contribution < -0.4 is 4.74 Å². The van der Waals surface area contributed by atoms with Crippen LogP contribution in [0.3, 0.4) is 0 Å². The van der Waals surface area contributed by atoms with E-state index in [1.54, 1.807) is 12.0 Å². The van der Waals surface area contributed by atoms with Gasteiger partial charge >= 0.3 is 7.12 Å². The minimum atomic E-state index is -0.991. The molecule has 3 fully saturated rings. The fourth-order valence-corrected chi connectivity index (χ4v) is 8.87. The summed E-state index contributed by atoms with van der Waals surface area (Å²) in [5.74, 6) is -0.256. The van der Waals surface area contributed by atoms with Crippen LogP contribution in [0.25, 0.3) is 11.6 Å². The number of phenols is 1. The summed E-state index contributed by atoms with van der Waals surface area (Å²) < 4.78 is 12.4. The number of carbonyl (C=O) groups is 2. The Morgan fingerprint density at radius 3 is 2.53 bits per heavy atom. The molecule has 0 unspecified atom stereocenters. The molecule has 1 saturated carbocycles. The van der Waals surface area contributed by atoms with Crippen molar-refractivity contribution >= 4 is 53.2 Å². The van der Waals surface area contributed by atoms with Crippen molar-refractivity contribution in [3.63, 3.8) is 0 Å². The SMILES string of the molecule is COc1cc(/C=C(/CC[C@H]2OB(O)C[C@H]3C2=C(C(C)C)C[C@H]2C(=O)N(C4CCCCC4)C(=O)[C@H]23)c2ccccc2)cc(I)c1O. The van der Waals surface area contributed by atoms with Gasteiger partial charge in [-0.1, -0.05) is 75.1 Å². The van der Waals surface area contributed by atoms with Crippen molar-refractivity contribution in [2.24, 2.45) is 23.7 Å². The van der Waals surface area contributed by atoms with E-state index in [2.05, 4.69) is 54.6 Å². The molecule has 9 heteroatoms. The van der Waals surface area contributed by atoms with Crippen molar-refractivity contribution in [1.82, 2.24) is 4.90 Å². The van der Waals surface area contributed by atoms with Gasteiger partial charge in [0.15, 0.2) is 11.5 Å². The van der Waals surface area contributed by atoms with E-state index in [9.17, 15) is 19.7 Å². The molecule has 2 aromatic carbocycles. The van der Waals surface area contributed by atoms with Gasteiger partial charge in [-0.25, -0.2) is 0 Å². The molecule has 2 aliphatic carbocycles. The third-order valence-corrected chi connectivity index (χ3v) is 11.2. The summed E-state index contributed by atoms with van der Waals surface area (Å²) in [6.07, 6.45) is 9.05. The Kier molecular flexibility index (Phi) is 9.78. The molecule has 238 valence electrons. The average Bonchev–Trinajstić information content (AvgIpc) is 3.29. The second-order valence-corrected chi connectivity index (χ2v) is 14.5. The minimum Gasteiger partial charge on any atom is -0.504 e. The van der Waals surface area contributed by atoms with E-state index in [4.69, 9.17) is 9.39 Å². The number of carbonyl (C=O) groups excluding carboxylic acids is 2. The second-order valence-electron chi connectivity index (χ2n) is 13.4. The van der Waals surface area contributed by atoms with Gasteiger partial charge in [0, 0.05) is 6.04 Å². The van der Waals surface area contributed by atoms with E-state index < -0.39 is 13.0 Å². The Labute approximate surface area is 280 Å². The topological polar surface area (TPSA) is 96.3 Å². The lowest BCUT2D eigenvalue weighted by Gasteiger charge is -2.44. The number of nitrogens with zero attached hydrogens (tertiary/aromatic N) is 1. The zero-order chi connectivity index (χ0) is 31.8. The molecule has 2 N–H and O–H groups in total. The zero-order valence-corrected chi connectivity index (χ0v) is 28.5. The number of likely N-dealkylation sites (tertiary alicyclic amines) is 1. The molecule has 0 radical (unpaired) electrons. The van der Waals surface area contributed by atoms with Crippen LogP contribution in [0.4, 0.5) is 0 Å². The first-order valence-corrected chi connectivity index (χ1v) is 17.5. The quantitative estimate of drug-likeness (QED) is 0.0992. The number of halogens is 1. The Morgan fingerprint density at radius 2 is 1.84 bits per heavy atom. The van der Waals surface area contributed by atoms with E-state index in [-0.39, 0.29) is 47.5 Å². The van der Waals surface area contributed by atoms with Gasteiger partial charge in [0.1, 0.15) is 0 Å². The summed E-state index contributed by atoms with van der Waals surface area (Å²) in [5.41, 5.74) is 5.43. The normalized spacial score (nSPS) is 26.0. The molecule has 2 amide bonds. The number of imide groups is 1. The summed E-state index contributed by atoms with van der Waals surface area (Å²) in [6.45, 7) is 4.33. The van der Waals surface area contributed by atoms with Gasteiger partial charge < -0.3 is 19.5 Å². The molecule has 0 spiro atoms. The van der Waals surface area contributed by atoms with Crippen molar-refractivity contribution in [2.45, 2.75) is 83.7 Å². The highest BCUT2D eigenvalue weighted by atomic mass is 127. The fourth-order valence-electron chi connectivity index (χ4n) is 8.25. The largest absolute Gasteiger partial charge is 0.504 e. The predicted molar refractivity (Wildman–Crippen MR) is 184 cm³/mol. The van der Waals surface area contributed by atoms with Crippen molar-refractivity contribution in [3.05, 3.63) is 68.3 Å². The van der Waals surface area contributed by atoms with Gasteiger partial charge in [-0.15, -0.1) is 0 Å². The number of rotatable bonds is 8.